The first-order chi connectivity index (χ1) is 12.9. The van der Waals surface area contributed by atoms with E-state index in [1.807, 2.05) is 13.0 Å². The lowest BCUT2D eigenvalue weighted by molar-refractivity contribution is -0.384. The van der Waals surface area contributed by atoms with Gasteiger partial charge in [-0.15, -0.1) is 0 Å². The van der Waals surface area contributed by atoms with E-state index in [2.05, 4.69) is 5.10 Å². The van der Waals surface area contributed by atoms with E-state index in [-0.39, 0.29) is 23.3 Å². The first-order valence-electron chi connectivity index (χ1n) is 8.20. The molecule has 0 fully saturated rings. The Kier molecular flexibility index (Phi) is 5.23. The van der Waals surface area contributed by atoms with Crippen LogP contribution >= 0.6 is 11.6 Å². The highest BCUT2D eigenvalue weighted by atomic mass is 35.5. The van der Waals surface area contributed by atoms with Crippen LogP contribution in [0.1, 0.15) is 29.0 Å². The number of nitrogens with zero attached hydrogens (tertiary/aromatic N) is 4. The smallest absolute Gasteiger partial charge is 0.274 e. The quantitative estimate of drug-likeness (QED) is 0.486. The molecular formula is C19H17ClN4O3. The Hall–Kier alpha value is -3.19. The third kappa shape index (κ3) is 3.98. The molecule has 0 radical (unpaired) electrons. The van der Waals surface area contributed by atoms with E-state index in [0.717, 1.165) is 5.69 Å². The van der Waals surface area contributed by atoms with Gasteiger partial charge in [0.05, 0.1) is 16.7 Å². The predicted octanol–water partition coefficient (Wildman–Crippen LogP) is 4.27. The maximum Gasteiger partial charge on any atom is 0.274 e. The maximum absolute atomic E-state index is 12.8. The number of rotatable bonds is 5. The van der Waals surface area contributed by atoms with Gasteiger partial charge in [-0.3, -0.25) is 14.9 Å². The lowest BCUT2D eigenvalue weighted by atomic mass is 10.1. The Morgan fingerprint density at radius 3 is 2.67 bits per heavy atom. The van der Waals surface area contributed by atoms with Gasteiger partial charge in [0.2, 0.25) is 0 Å². The number of non-ortho nitro benzene ring substituents is 1. The molecule has 0 bridgehead atoms. The van der Waals surface area contributed by atoms with E-state index in [1.54, 1.807) is 54.3 Å². The average Bonchev–Trinajstić information content (AvgIpc) is 3.16. The average molecular weight is 385 g/mol. The number of benzene rings is 2. The van der Waals surface area contributed by atoms with Gasteiger partial charge in [-0.1, -0.05) is 29.8 Å². The topological polar surface area (TPSA) is 81.3 Å². The molecule has 2 aromatic carbocycles. The summed E-state index contributed by atoms with van der Waals surface area (Å²) in [5.41, 5.74) is 1.69. The SMILES string of the molecule is CC(c1cccc([N+](=O)[O-])c1)N(C)C(=O)c1ccn(-c2cccc(Cl)c2)n1. The van der Waals surface area contributed by atoms with E-state index in [1.165, 1.54) is 17.0 Å². The van der Waals surface area contributed by atoms with Crippen molar-refractivity contribution in [3.8, 4) is 5.69 Å². The standard InChI is InChI=1S/C19H17ClN4O3/c1-13(14-5-3-8-17(11-14)24(26)27)22(2)19(25)18-9-10-23(21-18)16-7-4-6-15(20)12-16/h3-13H,1-2H3. The Balaban J connectivity index is 1.81. The molecule has 1 heterocycles. The zero-order valence-electron chi connectivity index (χ0n) is 14.7. The summed E-state index contributed by atoms with van der Waals surface area (Å²) in [6, 6.07) is 14.7. The summed E-state index contributed by atoms with van der Waals surface area (Å²) in [5.74, 6) is -0.283. The number of aromatic nitrogens is 2. The van der Waals surface area contributed by atoms with Crippen molar-refractivity contribution < 1.29 is 9.72 Å². The fourth-order valence-electron chi connectivity index (χ4n) is 2.68. The number of halogens is 1. The number of amides is 1. The van der Waals surface area contributed by atoms with E-state index >= 15 is 0 Å². The van der Waals surface area contributed by atoms with Gasteiger partial charge in [0.25, 0.3) is 11.6 Å². The highest BCUT2D eigenvalue weighted by Crippen LogP contribution is 2.24. The predicted molar refractivity (Wildman–Crippen MR) is 102 cm³/mol. The molecule has 3 rings (SSSR count). The molecule has 0 saturated heterocycles. The van der Waals surface area contributed by atoms with Gasteiger partial charge >= 0.3 is 0 Å². The van der Waals surface area contributed by atoms with E-state index in [0.29, 0.717) is 10.6 Å². The minimum absolute atomic E-state index is 0.00886. The highest BCUT2D eigenvalue weighted by molar-refractivity contribution is 6.30. The molecule has 7 nitrogen and oxygen atoms in total. The molecule has 1 amide bonds. The second-order valence-corrected chi connectivity index (χ2v) is 6.51. The van der Waals surface area contributed by atoms with Crippen molar-refractivity contribution in [2.75, 3.05) is 7.05 Å². The molecular weight excluding hydrogens is 368 g/mol. The summed E-state index contributed by atoms with van der Waals surface area (Å²) in [5, 5.41) is 15.9. The molecule has 3 aromatic rings. The largest absolute Gasteiger partial charge is 0.334 e. The number of carbonyl (C=O) groups excluding carboxylic acids is 1. The highest BCUT2D eigenvalue weighted by Gasteiger charge is 2.22. The van der Waals surface area contributed by atoms with Crippen molar-refractivity contribution in [1.29, 1.82) is 0 Å². The molecule has 0 aliphatic heterocycles. The Morgan fingerprint density at radius 1 is 1.22 bits per heavy atom. The summed E-state index contributed by atoms with van der Waals surface area (Å²) in [6.07, 6.45) is 1.69. The zero-order valence-corrected chi connectivity index (χ0v) is 15.5. The van der Waals surface area contributed by atoms with Gasteiger partial charge in [-0.25, -0.2) is 4.68 Å². The maximum atomic E-state index is 12.8. The van der Waals surface area contributed by atoms with Crippen LogP contribution in [0.2, 0.25) is 5.02 Å². The molecule has 0 aliphatic rings. The molecule has 1 unspecified atom stereocenters. The zero-order chi connectivity index (χ0) is 19.6. The van der Waals surface area contributed by atoms with Gasteiger partial charge < -0.3 is 4.90 Å². The van der Waals surface area contributed by atoms with Gasteiger partial charge in [0.1, 0.15) is 0 Å². The van der Waals surface area contributed by atoms with Crippen LogP contribution in [-0.2, 0) is 0 Å². The van der Waals surface area contributed by atoms with Gasteiger partial charge in [0.15, 0.2) is 5.69 Å². The number of hydrogen-bond donors (Lipinski definition) is 0. The molecule has 8 heteroatoms. The summed E-state index contributed by atoms with van der Waals surface area (Å²) >= 11 is 5.99. The van der Waals surface area contributed by atoms with Crippen molar-refractivity contribution in [2.24, 2.45) is 0 Å². The van der Waals surface area contributed by atoms with Crippen molar-refractivity contribution in [3.63, 3.8) is 0 Å². The van der Waals surface area contributed by atoms with Crippen LogP contribution in [0.4, 0.5) is 5.69 Å². The van der Waals surface area contributed by atoms with Crippen LogP contribution in [0.15, 0.2) is 60.8 Å². The molecule has 0 aliphatic carbocycles. The van der Waals surface area contributed by atoms with E-state index in [9.17, 15) is 14.9 Å². The Morgan fingerprint density at radius 2 is 1.96 bits per heavy atom. The minimum Gasteiger partial charge on any atom is -0.334 e. The van der Waals surface area contributed by atoms with E-state index < -0.39 is 4.92 Å². The monoisotopic (exact) mass is 384 g/mol. The third-order valence-electron chi connectivity index (χ3n) is 4.35. The second-order valence-electron chi connectivity index (χ2n) is 6.07. The van der Waals surface area contributed by atoms with Gasteiger partial charge in [-0.05, 0) is 36.8 Å². The number of carbonyl (C=O) groups is 1. The van der Waals surface area contributed by atoms with Crippen molar-refractivity contribution in [2.45, 2.75) is 13.0 Å². The summed E-state index contributed by atoms with van der Waals surface area (Å²) < 4.78 is 1.57. The summed E-state index contributed by atoms with van der Waals surface area (Å²) in [4.78, 5) is 24.8. The fourth-order valence-corrected chi connectivity index (χ4v) is 2.86. The van der Waals surface area contributed by atoms with Gasteiger partial charge in [-0.2, -0.15) is 5.10 Å². The van der Waals surface area contributed by atoms with Crippen LogP contribution in [0.25, 0.3) is 5.69 Å². The molecule has 0 N–H and O–H groups in total. The molecule has 1 atom stereocenters. The first-order valence-corrected chi connectivity index (χ1v) is 8.58. The Bertz CT molecular complexity index is 1000. The second kappa shape index (κ2) is 7.59. The van der Waals surface area contributed by atoms with Gasteiger partial charge in [0, 0.05) is 30.4 Å². The normalized spacial score (nSPS) is 11.8. The molecule has 138 valence electrons. The molecule has 0 spiro atoms. The summed E-state index contributed by atoms with van der Waals surface area (Å²) in [7, 11) is 1.64. The van der Waals surface area contributed by atoms with Crippen LogP contribution in [0.5, 0.6) is 0 Å². The van der Waals surface area contributed by atoms with Crippen LogP contribution in [0, 0.1) is 10.1 Å². The summed E-state index contributed by atoms with van der Waals surface area (Å²) in [6.45, 7) is 1.81. The minimum atomic E-state index is -0.454. The fraction of sp³-hybridized carbons (Fsp3) is 0.158. The first kappa shape index (κ1) is 18.6. The van der Waals surface area contributed by atoms with Crippen molar-refractivity contribution in [3.05, 3.63) is 87.2 Å². The molecule has 1 aromatic heterocycles. The molecule has 0 saturated carbocycles. The van der Waals surface area contributed by atoms with Crippen LogP contribution in [-0.4, -0.2) is 32.6 Å². The molecule has 27 heavy (non-hydrogen) atoms. The third-order valence-corrected chi connectivity index (χ3v) is 4.58. The lowest BCUT2D eigenvalue weighted by Gasteiger charge is -2.24. The van der Waals surface area contributed by atoms with Crippen molar-refractivity contribution in [1.82, 2.24) is 14.7 Å². The Labute approximate surface area is 160 Å². The van der Waals surface area contributed by atoms with Crippen LogP contribution < -0.4 is 0 Å². The van der Waals surface area contributed by atoms with Crippen LogP contribution in [0.3, 0.4) is 0 Å². The van der Waals surface area contributed by atoms with Crippen molar-refractivity contribution >= 4 is 23.2 Å². The number of hydrogen-bond acceptors (Lipinski definition) is 4. The lowest BCUT2D eigenvalue weighted by Crippen LogP contribution is -2.30. The van der Waals surface area contributed by atoms with E-state index in [4.69, 9.17) is 11.6 Å². The number of nitro benzene ring substituents is 1. The number of nitro groups is 1.